The van der Waals surface area contributed by atoms with Gasteiger partial charge in [-0.1, -0.05) is 27.5 Å². The second-order valence-electron chi connectivity index (χ2n) is 3.07. The molecule has 0 amide bonds. The minimum atomic E-state index is 0.353. The number of pyridine rings is 1. The Labute approximate surface area is 106 Å². The molecule has 0 saturated carbocycles. The molecule has 0 saturated heterocycles. The molecule has 0 fully saturated rings. The van der Waals surface area contributed by atoms with Gasteiger partial charge in [0, 0.05) is 10.7 Å². The molecule has 0 spiro atoms. The van der Waals surface area contributed by atoms with Crippen LogP contribution in [0.25, 0.3) is 0 Å². The Hall–Kier alpha value is -1.26. The summed E-state index contributed by atoms with van der Waals surface area (Å²) < 4.78 is 6.39. The fourth-order valence-electron chi connectivity index (χ4n) is 1.15. The number of anilines is 1. The summed E-state index contributed by atoms with van der Waals surface area (Å²) in [6, 6.07) is 8.79. The fourth-order valence-corrected chi connectivity index (χ4v) is 1.86. The van der Waals surface area contributed by atoms with Crippen molar-refractivity contribution in [3.8, 4) is 11.6 Å². The van der Waals surface area contributed by atoms with E-state index in [-0.39, 0.29) is 0 Å². The van der Waals surface area contributed by atoms with Crippen LogP contribution >= 0.6 is 27.5 Å². The maximum absolute atomic E-state index is 6.01. The second kappa shape index (κ2) is 4.72. The molecule has 0 radical (unpaired) electrons. The van der Waals surface area contributed by atoms with Crippen molar-refractivity contribution in [3.05, 3.63) is 46.0 Å². The highest BCUT2D eigenvalue weighted by molar-refractivity contribution is 9.10. The predicted octanol–water partition coefficient (Wildman–Crippen LogP) is 3.87. The van der Waals surface area contributed by atoms with Crippen molar-refractivity contribution in [2.24, 2.45) is 0 Å². The normalized spacial score (nSPS) is 10.1. The largest absolute Gasteiger partial charge is 0.436 e. The Balaban J connectivity index is 2.31. The van der Waals surface area contributed by atoms with Gasteiger partial charge < -0.3 is 10.5 Å². The lowest BCUT2D eigenvalue weighted by Crippen LogP contribution is -1.94. The summed E-state index contributed by atoms with van der Waals surface area (Å²) in [5.74, 6) is 0.877. The van der Waals surface area contributed by atoms with Crippen LogP contribution in [0.4, 0.5) is 5.69 Å². The van der Waals surface area contributed by atoms with E-state index >= 15 is 0 Å². The lowest BCUT2D eigenvalue weighted by Gasteiger charge is -2.08. The number of hydrogen-bond acceptors (Lipinski definition) is 3. The fraction of sp³-hybridized carbons (Fsp3) is 0. The Morgan fingerprint density at radius 1 is 1.31 bits per heavy atom. The van der Waals surface area contributed by atoms with Gasteiger partial charge in [-0.25, -0.2) is 4.98 Å². The zero-order valence-corrected chi connectivity index (χ0v) is 10.5. The molecule has 3 nitrogen and oxygen atoms in total. The summed E-state index contributed by atoms with van der Waals surface area (Å²) in [6.07, 6.45) is 1.61. The molecule has 1 aromatic heterocycles. The van der Waals surface area contributed by atoms with Gasteiger partial charge in [-0.15, -0.1) is 0 Å². The number of aromatic nitrogens is 1. The van der Waals surface area contributed by atoms with E-state index in [2.05, 4.69) is 20.9 Å². The van der Waals surface area contributed by atoms with Crippen LogP contribution in [-0.2, 0) is 0 Å². The smallest absolute Gasteiger partial charge is 0.242 e. The number of rotatable bonds is 2. The summed E-state index contributed by atoms with van der Waals surface area (Å²) in [6.45, 7) is 0. The van der Waals surface area contributed by atoms with E-state index < -0.39 is 0 Å². The number of nitrogens with two attached hydrogens (primary N) is 1. The van der Waals surface area contributed by atoms with Gasteiger partial charge in [-0.05, 0) is 30.3 Å². The van der Waals surface area contributed by atoms with Crippen molar-refractivity contribution < 1.29 is 4.74 Å². The number of benzene rings is 1. The third kappa shape index (κ3) is 2.46. The Morgan fingerprint density at radius 3 is 2.81 bits per heavy atom. The van der Waals surface area contributed by atoms with Crippen molar-refractivity contribution in [2.75, 3.05) is 5.73 Å². The monoisotopic (exact) mass is 298 g/mol. The first-order chi connectivity index (χ1) is 7.66. The molecule has 2 aromatic rings. The highest BCUT2D eigenvalue weighted by Crippen LogP contribution is 2.32. The molecule has 16 heavy (non-hydrogen) atoms. The average molecular weight is 300 g/mol. The van der Waals surface area contributed by atoms with Crippen LogP contribution in [-0.4, -0.2) is 4.98 Å². The van der Waals surface area contributed by atoms with Gasteiger partial charge in [-0.2, -0.15) is 0 Å². The van der Waals surface area contributed by atoms with Crippen LogP contribution in [0, 0.1) is 0 Å². The van der Waals surface area contributed by atoms with Gasteiger partial charge in [0.1, 0.15) is 5.75 Å². The highest BCUT2D eigenvalue weighted by Gasteiger charge is 2.06. The summed E-state index contributed by atoms with van der Waals surface area (Å²) in [7, 11) is 0. The highest BCUT2D eigenvalue weighted by atomic mass is 79.9. The molecule has 1 aromatic carbocycles. The van der Waals surface area contributed by atoms with E-state index in [4.69, 9.17) is 22.1 Å². The predicted molar refractivity (Wildman–Crippen MR) is 67.9 cm³/mol. The van der Waals surface area contributed by atoms with Crippen molar-refractivity contribution in [3.63, 3.8) is 0 Å². The van der Waals surface area contributed by atoms with Crippen molar-refractivity contribution in [1.82, 2.24) is 4.98 Å². The lowest BCUT2D eigenvalue weighted by molar-refractivity contribution is 0.466. The third-order valence-electron chi connectivity index (χ3n) is 1.90. The Kier molecular flexibility index (Phi) is 3.31. The SMILES string of the molecule is Nc1cccnc1Oc1ccc(Br)cc1Cl. The molecule has 0 aliphatic heterocycles. The first-order valence-corrected chi connectivity index (χ1v) is 5.67. The third-order valence-corrected chi connectivity index (χ3v) is 2.69. The number of nitrogen functional groups attached to an aromatic ring is 1. The lowest BCUT2D eigenvalue weighted by atomic mass is 10.3. The van der Waals surface area contributed by atoms with E-state index in [9.17, 15) is 0 Å². The minimum Gasteiger partial charge on any atom is -0.436 e. The molecule has 2 N–H and O–H groups in total. The van der Waals surface area contributed by atoms with Crippen LogP contribution in [0.2, 0.25) is 5.02 Å². The summed E-state index contributed by atoms with van der Waals surface area (Å²) in [5.41, 5.74) is 6.18. The molecule has 82 valence electrons. The van der Waals surface area contributed by atoms with Crippen molar-refractivity contribution in [2.45, 2.75) is 0 Å². The van der Waals surface area contributed by atoms with E-state index in [1.807, 2.05) is 6.07 Å². The molecule has 1 heterocycles. The number of halogens is 2. The van der Waals surface area contributed by atoms with Crippen molar-refractivity contribution in [1.29, 1.82) is 0 Å². The van der Waals surface area contributed by atoms with Gasteiger partial charge in [-0.3, -0.25) is 0 Å². The number of hydrogen-bond donors (Lipinski definition) is 1. The van der Waals surface area contributed by atoms with E-state index in [0.29, 0.717) is 22.3 Å². The maximum atomic E-state index is 6.01. The van der Waals surface area contributed by atoms with Crippen molar-refractivity contribution >= 4 is 33.2 Å². The molecule has 0 aliphatic rings. The topological polar surface area (TPSA) is 48.1 Å². The molecular formula is C11H8BrClN2O. The average Bonchev–Trinajstić information content (AvgIpc) is 2.25. The molecule has 0 atom stereocenters. The standard InChI is InChI=1S/C11H8BrClN2O/c12-7-3-4-10(8(13)6-7)16-11-9(14)2-1-5-15-11/h1-6H,14H2. The molecule has 0 bridgehead atoms. The molecular weight excluding hydrogens is 291 g/mol. The Bertz CT molecular complexity index is 519. The van der Waals surface area contributed by atoms with Crippen LogP contribution in [0.1, 0.15) is 0 Å². The number of nitrogens with zero attached hydrogens (tertiary/aromatic N) is 1. The van der Waals surface area contributed by atoms with Gasteiger partial charge in [0.15, 0.2) is 0 Å². The molecule has 5 heteroatoms. The van der Waals surface area contributed by atoms with Crippen LogP contribution < -0.4 is 10.5 Å². The van der Waals surface area contributed by atoms with Crippen LogP contribution in [0.3, 0.4) is 0 Å². The zero-order chi connectivity index (χ0) is 11.5. The molecule has 2 rings (SSSR count). The maximum Gasteiger partial charge on any atom is 0.242 e. The van der Waals surface area contributed by atoms with E-state index in [1.54, 1.807) is 30.5 Å². The summed E-state index contributed by atoms with van der Waals surface area (Å²) in [5, 5.41) is 0.499. The van der Waals surface area contributed by atoms with Gasteiger partial charge in [0.05, 0.1) is 10.7 Å². The van der Waals surface area contributed by atoms with E-state index in [0.717, 1.165) is 4.47 Å². The van der Waals surface area contributed by atoms with E-state index in [1.165, 1.54) is 0 Å². The van der Waals surface area contributed by atoms with Crippen LogP contribution in [0.15, 0.2) is 41.0 Å². The zero-order valence-electron chi connectivity index (χ0n) is 8.15. The summed E-state index contributed by atoms with van der Waals surface area (Å²) >= 11 is 9.32. The molecule has 0 unspecified atom stereocenters. The minimum absolute atomic E-state index is 0.353. The summed E-state index contributed by atoms with van der Waals surface area (Å²) in [4.78, 5) is 4.02. The van der Waals surface area contributed by atoms with Gasteiger partial charge in [0.2, 0.25) is 5.88 Å². The number of ether oxygens (including phenoxy) is 1. The van der Waals surface area contributed by atoms with Crippen LogP contribution in [0.5, 0.6) is 11.6 Å². The second-order valence-corrected chi connectivity index (χ2v) is 4.40. The first-order valence-electron chi connectivity index (χ1n) is 4.50. The first kappa shape index (κ1) is 11.2. The Morgan fingerprint density at radius 2 is 2.12 bits per heavy atom. The van der Waals surface area contributed by atoms with Gasteiger partial charge >= 0.3 is 0 Å². The molecule has 0 aliphatic carbocycles. The van der Waals surface area contributed by atoms with Gasteiger partial charge in [0.25, 0.3) is 0 Å². The quantitative estimate of drug-likeness (QED) is 0.915.